The molecule has 0 heterocycles. The zero-order valence-corrected chi connectivity index (χ0v) is 14.8. The van der Waals surface area contributed by atoms with Gasteiger partial charge in [-0.3, -0.25) is 4.79 Å². The summed E-state index contributed by atoms with van der Waals surface area (Å²) in [6.07, 6.45) is 4.53. The minimum absolute atomic E-state index is 0.0111. The largest absolute Gasteiger partial charge is 0.293 e. The molecule has 0 aliphatic rings. The van der Waals surface area contributed by atoms with Gasteiger partial charge in [-0.1, -0.05) is 62.4 Å². The highest BCUT2D eigenvalue weighted by atomic mass is 35.5. The number of alkyl halides is 1. The number of halogens is 1. The topological polar surface area (TPSA) is 17.1 Å². The van der Waals surface area contributed by atoms with Crippen molar-refractivity contribution in [3.63, 3.8) is 0 Å². The summed E-state index contributed by atoms with van der Waals surface area (Å²) in [5.74, 6) is 0.635. The number of benzene rings is 2. The Kier molecular flexibility index (Phi) is 6.85. The molecule has 0 amide bonds. The number of Topliss-reactive ketones (excluding diaryl/α,β-unsaturated/α-hetero) is 1. The summed E-state index contributed by atoms with van der Waals surface area (Å²) >= 11 is 5.56. The van der Waals surface area contributed by atoms with Crippen molar-refractivity contribution in [2.24, 2.45) is 0 Å². The van der Waals surface area contributed by atoms with Gasteiger partial charge < -0.3 is 0 Å². The number of carbonyl (C=O) groups is 1. The Labute approximate surface area is 144 Å². The maximum atomic E-state index is 11.5. The van der Waals surface area contributed by atoms with Crippen molar-refractivity contribution in [3.05, 3.63) is 70.8 Å². The molecule has 122 valence electrons. The molecule has 0 N–H and O–H groups in total. The monoisotopic (exact) mass is 328 g/mol. The van der Waals surface area contributed by atoms with Gasteiger partial charge in [-0.05, 0) is 48.3 Å². The molecule has 0 aromatic heterocycles. The van der Waals surface area contributed by atoms with Crippen LogP contribution in [0, 0.1) is 0 Å². The van der Waals surface area contributed by atoms with Crippen molar-refractivity contribution in [3.8, 4) is 0 Å². The third kappa shape index (κ3) is 5.51. The molecular weight excluding hydrogens is 304 g/mol. The van der Waals surface area contributed by atoms with Gasteiger partial charge in [-0.15, -0.1) is 11.6 Å². The van der Waals surface area contributed by atoms with Gasteiger partial charge in [0.05, 0.1) is 5.88 Å². The first-order valence-electron chi connectivity index (χ1n) is 8.37. The Balaban J connectivity index is 1.75. The van der Waals surface area contributed by atoms with Crippen LogP contribution >= 0.6 is 11.6 Å². The molecule has 2 heteroatoms. The van der Waals surface area contributed by atoms with Crippen LogP contribution in [0.5, 0.6) is 0 Å². The lowest BCUT2D eigenvalue weighted by Gasteiger charge is -2.07. The van der Waals surface area contributed by atoms with Gasteiger partial charge in [0, 0.05) is 5.56 Å². The SMILES string of the molecule is CC(C)c1ccc(CCCCc2ccc(C(=O)CCl)cc2)cc1. The van der Waals surface area contributed by atoms with Gasteiger partial charge in [0.25, 0.3) is 0 Å². The summed E-state index contributed by atoms with van der Waals surface area (Å²) < 4.78 is 0. The number of rotatable bonds is 8. The van der Waals surface area contributed by atoms with Crippen molar-refractivity contribution in [2.75, 3.05) is 5.88 Å². The van der Waals surface area contributed by atoms with Gasteiger partial charge in [0.15, 0.2) is 5.78 Å². The van der Waals surface area contributed by atoms with Gasteiger partial charge in [0.2, 0.25) is 0 Å². The van der Waals surface area contributed by atoms with Crippen molar-refractivity contribution in [2.45, 2.75) is 45.4 Å². The zero-order chi connectivity index (χ0) is 16.7. The molecule has 0 bridgehead atoms. The number of ketones is 1. The zero-order valence-electron chi connectivity index (χ0n) is 14.0. The van der Waals surface area contributed by atoms with Crippen LogP contribution < -0.4 is 0 Å². The number of unbranched alkanes of at least 4 members (excludes halogenated alkanes) is 1. The molecule has 0 spiro atoms. The third-order valence-electron chi connectivity index (χ3n) is 4.22. The molecule has 0 unspecified atom stereocenters. The fraction of sp³-hybridized carbons (Fsp3) is 0.381. The average Bonchev–Trinajstić information content (AvgIpc) is 2.59. The Bertz CT molecular complexity index is 611. The minimum Gasteiger partial charge on any atom is -0.293 e. The van der Waals surface area contributed by atoms with Crippen molar-refractivity contribution in [1.82, 2.24) is 0 Å². The highest BCUT2D eigenvalue weighted by Crippen LogP contribution is 2.16. The predicted molar refractivity (Wildman–Crippen MR) is 98.7 cm³/mol. The van der Waals surface area contributed by atoms with Gasteiger partial charge >= 0.3 is 0 Å². The number of hydrogen-bond donors (Lipinski definition) is 0. The summed E-state index contributed by atoms with van der Waals surface area (Å²) in [6, 6.07) is 16.8. The Morgan fingerprint density at radius 2 is 1.35 bits per heavy atom. The van der Waals surface area contributed by atoms with Crippen LogP contribution in [0.25, 0.3) is 0 Å². The molecule has 0 saturated carbocycles. The Morgan fingerprint density at radius 3 is 1.78 bits per heavy atom. The summed E-state index contributed by atoms with van der Waals surface area (Å²) in [4.78, 5) is 11.5. The van der Waals surface area contributed by atoms with Crippen LogP contribution in [0.4, 0.5) is 0 Å². The highest BCUT2D eigenvalue weighted by Gasteiger charge is 2.03. The van der Waals surface area contributed by atoms with Gasteiger partial charge in [0.1, 0.15) is 0 Å². The van der Waals surface area contributed by atoms with E-state index in [1.165, 1.54) is 23.1 Å². The van der Waals surface area contributed by atoms with E-state index in [-0.39, 0.29) is 11.7 Å². The minimum atomic E-state index is -0.0111. The van der Waals surface area contributed by atoms with E-state index < -0.39 is 0 Å². The standard InChI is InChI=1S/C21H25ClO/c1-16(2)19-11-7-17(8-12-19)5-3-4-6-18-9-13-20(14-10-18)21(23)15-22/h7-14,16H,3-6,15H2,1-2H3. The van der Waals surface area contributed by atoms with E-state index in [4.69, 9.17) is 11.6 Å². The van der Waals surface area contributed by atoms with Crippen LogP contribution in [0.2, 0.25) is 0 Å². The number of hydrogen-bond acceptors (Lipinski definition) is 1. The molecule has 2 aromatic rings. The number of carbonyl (C=O) groups excluding carboxylic acids is 1. The van der Waals surface area contributed by atoms with E-state index in [0.29, 0.717) is 11.5 Å². The van der Waals surface area contributed by atoms with Gasteiger partial charge in [-0.25, -0.2) is 0 Å². The molecule has 0 aliphatic carbocycles. The summed E-state index contributed by atoms with van der Waals surface area (Å²) in [5, 5.41) is 0. The lowest BCUT2D eigenvalue weighted by molar-refractivity contribution is 0.102. The fourth-order valence-electron chi connectivity index (χ4n) is 2.66. The van der Waals surface area contributed by atoms with Crippen molar-refractivity contribution in [1.29, 1.82) is 0 Å². The maximum Gasteiger partial charge on any atom is 0.177 e. The lowest BCUT2D eigenvalue weighted by atomic mass is 9.99. The molecule has 0 fully saturated rings. The summed E-state index contributed by atoms with van der Waals surface area (Å²) in [7, 11) is 0. The van der Waals surface area contributed by atoms with E-state index >= 15 is 0 Å². The third-order valence-corrected chi connectivity index (χ3v) is 4.47. The summed E-state index contributed by atoms with van der Waals surface area (Å²) in [6.45, 7) is 4.45. The smallest absolute Gasteiger partial charge is 0.177 e. The van der Waals surface area contributed by atoms with Crippen LogP contribution in [-0.4, -0.2) is 11.7 Å². The Morgan fingerprint density at radius 1 is 0.870 bits per heavy atom. The second-order valence-corrected chi connectivity index (χ2v) is 6.62. The molecule has 0 saturated heterocycles. The first-order chi connectivity index (χ1) is 11.1. The fourth-order valence-corrected chi connectivity index (χ4v) is 2.82. The van der Waals surface area contributed by atoms with E-state index in [1.807, 2.05) is 24.3 Å². The second kappa shape index (κ2) is 8.88. The predicted octanol–water partition coefficient (Wildman–Crippen LogP) is 5.80. The second-order valence-electron chi connectivity index (χ2n) is 6.36. The maximum absolute atomic E-state index is 11.5. The molecule has 0 radical (unpaired) electrons. The van der Waals surface area contributed by atoms with Crippen molar-refractivity contribution < 1.29 is 4.79 Å². The quantitative estimate of drug-likeness (QED) is 0.340. The molecule has 0 aliphatic heterocycles. The molecule has 1 nitrogen and oxygen atoms in total. The Hall–Kier alpha value is -1.60. The van der Waals surface area contributed by atoms with E-state index in [9.17, 15) is 4.79 Å². The normalized spacial score (nSPS) is 11.0. The molecule has 2 rings (SSSR count). The first-order valence-corrected chi connectivity index (χ1v) is 8.90. The molecule has 0 atom stereocenters. The molecular formula is C21H25ClO. The number of aryl methyl sites for hydroxylation is 2. The van der Waals surface area contributed by atoms with Gasteiger partial charge in [-0.2, -0.15) is 0 Å². The van der Waals surface area contributed by atoms with Crippen LogP contribution in [0.1, 0.15) is 59.7 Å². The first kappa shape index (κ1) is 17.7. The van der Waals surface area contributed by atoms with Crippen LogP contribution in [0.3, 0.4) is 0 Å². The van der Waals surface area contributed by atoms with E-state index in [2.05, 4.69) is 38.1 Å². The van der Waals surface area contributed by atoms with Crippen LogP contribution in [-0.2, 0) is 12.8 Å². The lowest BCUT2D eigenvalue weighted by Crippen LogP contribution is -2.00. The van der Waals surface area contributed by atoms with E-state index in [0.717, 1.165) is 19.3 Å². The highest BCUT2D eigenvalue weighted by molar-refractivity contribution is 6.30. The molecule has 2 aromatic carbocycles. The van der Waals surface area contributed by atoms with E-state index in [1.54, 1.807) is 0 Å². The van der Waals surface area contributed by atoms with Crippen LogP contribution in [0.15, 0.2) is 48.5 Å². The summed E-state index contributed by atoms with van der Waals surface area (Å²) in [5.41, 5.74) is 4.80. The van der Waals surface area contributed by atoms with Crippen molar-refractivity contribution >= 4 is 17.4 Å². The average molecular weight is 329 g/mol. The molecule has 23 heavy (non-hydrogen) atoms.